The fourth-order valence-electron chi connectivity index (χ4n) is 3.30. The van der Waals surface area contributed by atoms with Gasteiger partial charge in [0.25, 0.3) is 0 Å². The van der Waals surface area contributed by atoms with Gasteiger partial charge in [0.05, 0.1) is 25.4 Å². The van der Waals surface area contributed by atoms with Crippen LogP contribution in [0.5, 0.6) is 0 Å². The molecule has 0 spiro atoms. The molecule has 0 aromatic carbocycles. The van der Waals surface area contributed by atoms with Gasteiger partial charge in [-0.1, -0.05) is 0 Å². The van der Waals surface area contributed by atoms with Crippen LogP contribution in [0.15, 0.2) is 0 Å². The van der Waals surface area contributed by atoms with Gasteiger partial charge in [-0.2, -0.15) is 0 Å². The van der Waals surface area contributed by atoms with E-state index in [0.29, 0.717) is 0 Å². The van der Waals surface area contributed by atoms with Crippen LogP contribution in [-0.2, 0) is 23.8 Å². The summed E-state index contributed by atoms with van der Waals surface area (Å²) in [5, 5.41) is 0. The molecule has 4 atom stereocenters. The first-order chi connectivity index (χ1) is 7.88. The second-order valence-electron chi connectivity index (χ2n) is 5.23. The molecule has 0 amide bonds. The van der Waals surface area contributed by atoms with Gasteiger partial charge in [0, 0.05) is 0 Å². The molecular weight excluding hydrogens is 224 g/mol. The molecule has 2 rings (SSSR count). The van der Waals surface area contributed by atoms with Crippen LogP contribution >= 0.6 is 0 Å². The minimum absolute atomic E-state index is 0.397. The number of esters is 2. The van der Waals surface area contributed by atoms with Gasteiger partial charge in [0.2, 0.25) is 0 Å². The van der Waals surface area contributed by atoms with Crippen LogP contribution in [0.1, 0.15) is 26.7 Å². The third-order valence-electron chi connectivity index (χ3n) is 4.14. The number of carbonyl (C=O) groups is 2. The Kier molecular flexibility index (Phi) is 2.69. The molecule has 0 radical (unpaired) electrons. The minimum atomic E-state index is -0.610. The molecule has 2 aliphatic rings. The molecule has 0 aromatic heterocycles. The summed E-state index contributed by atoms with van der Waals surface area (Å²) in [6.07, 6.45) is 1.52. The number of carbonyl (C=O) groups excluding carboxylic acids is 2. The van der Waals surface area contributed by atoms with Gasteiger partial charge in [-0.15, -0.1) is 0 Å². The fourth-order valence-corrected chi connectivity index (χ4v) is 3.30. The van der Waals surface area contributed by atoms with E-state index in [0.717, 1.165) is 12.8 Å². The van der Waals surface area contributed by atoms with Crippen LogP contribution in [-0.4, -0.2) is 37.4 Å². The van der Waals surface area contributed by atoms with E-state index in [-0.39, 0.29) is 0 Å². The highest BCUT2D eigenvalue weighted by Gasteiger charge is 2.68. The zero-order chi connectivity index (χ0) is 12.8. The molecule has 2 heterocycles. The molecule has 5 heteroatoms. The third kappa shape index (κ3) is 1.56. The Labute approximate surface area is 100 Å². The van der Waals surface area contributed by atoms with Crippen molar-refractivity contribution in [3.05, 3.63) is 0 Å². The quantitative estimate of drug-likeness (QED) is 0.673. The minimum Gasteiger partial charge on any atom is -0.469 e. The van der Waals surface area contributed by atoms with Crippen molar-refractivity contribution in [1.82, 2.24) is 0 Å². The van der Waals surface area contributed by atoms with E-state index in [1.165, 1.54) is 14.2 Å². The summed E-state index contributed by atoms with van der Waals surface area (Å²) in [6, 6.07) is 0. The predicted molar refractivity (Wildman–Crippen MR) is 58.1 cm³/mol. The second kappa shape index (κ2) is 3.70. The van der Waals surface area contributed by atoms with Crippen molar-refractivity contribution in [3.8, 4) is 0 Å². The third-order valence-corrected chi connectivity index (χ3v) is 4.14. The topological polar surface area (TPSA) is 61.8 Å². The number of fused-ring (bicyclic) bond motifs is 2. The molecule has 5 nitrogen and oxygen atoms in total. The molecule has 0 saturated carbocycles. The Hall–Kier alpha value is -1.10. The number of methoxy groups -OCH3 is 2. The molecule has 2 saturated heterocycles. The fraction of sp³-hybridized carbons (Fsp3) is 0.833. The van der Waals surface area contributed by atoms with Gasteiger partial charge in [0.15, 0.2) is 0 Å². The van der Waals surface area contributed by atoms with Crippen LogP contribution in [0.4, 0.5) is 0 Å². The standard InChI is InChI=1S/C12H18O5/c1-11-5-6-12(2,17-11)8(10(14)16-4)7(11)9(13)15-3/h7-8H,5-6H2,1-4H3/t7-,8+,11+,12-. The van der Waals surface area contributed by atoms with Gasteiger partial charge >= 0.3 is 11.9 Å². The SMILES string of the molecule is COC(=O)[C@@H]1[C@H](C(=O)OC)[C@]2(C)CC[C@@]1(C)O2. The van der Waals surface area contributed by atoms with Crippen molar-refractivity contribution < 1.29 is 23.8 Å². The van der Waals surface area contributed by atoms with Gasteiger partial charge < -0.3 is 14.2 Å². The summed E-state index contributed by atoms with van der Waals surface area (Å²) in [5.74, 6) is -1.94. The Balaban J connectivity index is 2.40. The van der Waals surface area contributed by atoms with Gasteiger partial charge in [0.1, 0.15) is 11.8 Å². The zero-order valence-corrected chi connectivity index (χ0v) is 10.6. The summed E-state index contributed by atoms with van der Waals surface area (Å²) in [6.45, 7) is 3.73. The van der Waals surface area contributed by atoms with Gasteiger partial charge in [-0.05, 0) is 26.7 Å². The number of hydrogen-bond acceptors (Lipinski definition) is 5. The summed E-state index contributed by atoms with van der Waals surface area (Å²) in [4.78, 5) is 23.7. The van der Waals surface area contributed by atoms with Crippen LogP contribution in [0.2, 0.25) is 0 Å². The largest absolute Gasteiger partial charge is 0.469 e. The molecule has 0 aliphatic carbocycles. The maximum atomic E-state index is 11.9. The molecule has 0 unspecified atom stereocenters. The summed E-state index contributed by atoms with van der Waals surface area (Å²) >= 11 is 0. The number of ether oxygens (including phenoxy) is 3. The van der Waals surface area contributed by atoms with Crippen molar-refractivity contribution in [2.45, 2.75) is 37.9 Å². The van der Waals surface area contributed by atoms with Crippen LogP contribution in [0.3, 0.4) is 0 Å². The lowest BCUT2D eigenvalue weighted by Gasteiger charge is -2.32. The molecular formula is C12H18O5. The Morgan fingerprint density at radius 3 is 1.65 bits per heavy atom. The lowest BCUT2D eigenvalue weighted by atomic mass is 9.67. The first-order valence-corrected chi connectivity index (χ1v) is 5.74. The Bertz CT molecular complexity index is 332. The maximum absolute atomic E-state index is 11.9. The Morgan fingerprint density at radius 2 is 1.35 bits per heavy atom. The summed E-state index contributed by atoms with van der Waals surface area (Å²) in [7, 11) is 2.66. The predicted octanol–water partition coefficient (Wildman–Crippen LogP) is 0.906. The second-order valence-corrected chi connectivity index (χ2v) is 5.23. The number of hydrogen-bond donors (Lipinski definition) is 0. The van der Waals surface area contributed by atoms with E-state index in [2.05, 4.69) is 0 Å². The van der Waals surface area contributed by atoms with E-state index in [1.807, 2.05) is 13.8 Å². The van der Waals surface area contributed by atoms with Gasteiger partial charge in [-0.3, -0.25) is 9.59 Å². The maximum Gasteiger partial charge on any atom is 0.312 e. The molecule has 17 heavy (non-hydrogen) atoms. The van der Waals surface area contributed by atoms with Crippen molar-refractivity contribution in [3.63, 3.8) is 0 Å². The van der Waals surface area contributed by atoms with E-state index < -0.39 is 35.0 Å². The molecule has 2 fully saturated rings. The summed E-state index contributed by atoms with van der Waals surface area (Å²) < 4.78 is 15.5. The highest BCUT2D eigenvalue weighted by atomic mass is 16.6. The number of rotatable bonds is 2. The zero-order valence-electron chi connectivity index (χ0n) is 10.6. The van der Waals surface area contributed by atoms with Crippen LogP contribution in [0.25, 0.3) is 0 Å². The lowest BCUT2D eigenvalue weighted by Crippen LogP contribution is -2.47. The first kappa shape index (κ1) is 12.4. The average molecular weight is 242 g/mol. The van der Waals surface area contributed by atoms with Crippen molar-refractivity contribution in [2.24, 2.45) is 11.8 Å². The smallest absolute Gasteiger partial charge is 0.312 e. The first-order valence-electron chi connectivity index (χ1n) is 5.74. The lowest BCUT2D eigenvalue weighted by molar-refractivity contribution is -0.160. The molecule has 0 aromatic rings. The normalized spacial score (nSPS) is 43.5. The van der Waals surface area contributed by atoms with E-state index >= 15 is 0 Å². The van der Waals surface area contributed by atoms with Crippen LogP contribution < -0.4 is 0 Å². The molecule has 96 valence electrons. The van der Waals surface area contributed by atoms with E-state index in [1.54, 1.807) is 0 Å². The monoisotopic (exact) mass is 242 g/mol. The highest BCUT2D eigenvalue weighted by molar-refractivity contribution is 5.85. The average Bonchev–Trinajstić information content (AvgIpc) is 2.72. The van der Waals surface area contributed by atoms with Gasteiger partial charge in [-0.25, -0.2) is 0 Å². The van der Waals surface area contributed by atoms with Crippen molar-refractivity contribution in [1.29, 1.82) is 0 Å². The molecule has 0 N–H and O–H groups in total. The van der Waals surface area contributed by atoms with Crippen LogP contribution in [0, 0.1) is 11.8 Å². The highest BCUT2D eigenvalue weighted by Crippen LogP contribution is 2.57. The molecule has 2 bridgehead atoms. The van der Waals surface area contributed by atoms with Crippen molar-refractivity contribution in [2.75, 3.05) is 14.2 Å². The van der Waals surface area contributed by atoms with E-state index in [9.17, 15) is 9.59 Å². The van der Waals surface area contributed by atoms with Crippen molar-refractivity contribution >= 4 is 11.9 Å². The molecule has 2 aliphatic heterocycles. The summed E-state index contributed by atoms with van der Waals surface area (Å²) in [5.41, 5.74) is -1.22. The van der Waals surface area contributed by atoms with E-state index in [4.69, 9.17) is 14.2 Å². The Morgan fingerprint density at radius 1 is 1.00 bits per heavy atom.